The van der Waals surface area contributed by atoms with Gasteiger partial charge in [-0.1, -0.05) is 30.3 Å². The van der Waals surface area contributed by atoms with E-state index in [0.717, 1.165) is 32.2 Å². The predicted octanol–water partition coefficient (Wildman–Crippen LogP) is 2.70. The number of hydrogen-bond acceptors (Lipinski definition) is 4. The molecule has 1 aromatic carbocycles. The van der Waals surface area contributed by atoms with Gasteiger partial charge in [-0.05, 0) is 32.3 Å². The van der Waals surface area contributed by atoms with Crippen molar-refractivity contribution < 1.29 is 14.3 Å². The van der Waals surface area contributed by atoms with E-state index < -0.39 is 0 Å². The van der Waals surface area contributed by atoms with Crippen molar-refractivity contribution in [2.45, 2.75) is 63.9 Å². The van der Waals surface area contributed by atoms with Gasteiger partial charge in [0.25, 0.3) is 0 Å². The van der Waals surface area contributed by atoms with Crippen molar-refractivity contribution in [3.8, 4) is 0 Å². The molecule has 1 aliphatic heterocycles. The lowest BCUT2D eigenvalue weighted by molar-refractivity contribution is -0.180. The number of nitrogens with one attached hydrogen (secondary N) is 1. The first-order chi connectivity index (χ1) is 12.1. The second kappa shape index (κ2) is 8.30. The van der Waals surface area contributed by atoms with Crippen LogP contribution in [0.25, 0.3) is 0 Å². The van der Waals surface area contributed by atoms with E-state index in [1.54, 1.807) is 0 Å². The molecule has 0 radical (unpaired) electrons. The van der Waals surface area contributed by atoms with Crippen LogP contribution in [0.4, 0.5) is 0 Å². The molecule has 25 heavy (non-hydrogen) atoms. The monoisotopic (exact) mass is 346 g/mol. The van der Waals surface area contributed by atoms with E-state index in [-0.39, 0.29) is 17.7 Å². The maximum atomic E-state index is 12.5. The van der Waals surface area contributed by atoms with Crippen LogP contribution in [0.1, 0.15) is 45.1 Å². The van der Waals surface area contributed by atoms with Gasteiger partial charge >= 0.3 is 0 Å². The molecule has 5 heteroatoms. The normalized spacial score (nSPS) is 20.5. The molecule has 1 amide bonds. The van der Waals surface area contributed by atoms with E-state index in [0.29, 0.717) is 25.8 Å². The van der Waals surface area contributed by atoms with Crippen molar-refractivity contribution in [3.63, 3.8) is 0 Å². The lowest BCUT2D eigenvalue weighted by atomic mass is 9.90. The average Bonchev–Trinajstić information content (AvgIpc) is 3.06. The maximum absolute atomic E-state index is 12.5. The molecule has 1 saturated heterocycles. The van der Waals surface area contributed by atoms with E-state index in [2.05, 4.69) is 36.2 Å². The first kappa shape index (κ1) is 18.4. The fraction of sp³-hybridized carbons (Fsp3) is 0.650. The smallest absolute Gasteiger partial charge is 0.234 e. The fourth-order valence-corrected chi connectivity index (χ4v) is 3.68. The minimum absolute atomic E-state index is 0.110. The molecule has 1 N–H and O–H groups in total. The second-order valence-electron chi connectivity index (χ2n) is 7.43. The first-order valence-corrected chi connectivity index (χ1v) is 9.42. The molecule has 2 fully saturated rings. The van der Waals surface area contributed by atoms with Gasteiger partial charge in [-0.25, -0.2) is 0 Å². The highest BCUT2D eigenvalue weighted by Crippen LogP contribution is 2.35. The van der Waals surface area contributed by atoms with Gasteiger partial charge in [-0.2, -0.15) is 0 Å². The summed E-state index contributed by atoms with van der Waals surface area (Å²) in [5.41, 5.74) is 1.24. The fourth-order valence-electron chi connectivity index (χ4n) is 3.68. The summed E-state index contributed by atoms with van der Waals surface area (Å²) in [6.45, 7) is 6.88. The second-order valence-corrected chi connectivity index (χ2v) is 7.43. The van der Waals surface area contributed by atoms with Gasteiger partial charge in [0.1, 0.15) is 0 Å². The summed E-state index contributed by atoms with van der Waals surface area (Å²) in [5, 5.41) is 3.20. The Morgan fingerprint density at radius 3 is 2.44 bits per heavy atom. The van der Waals surface area contributed by atoms with Crippen molar-refractivity contribution in [2.75, 3.05) is 19.8 Å². The number of carbonyl (C=O) groups excluding carboxylic acids is 1. The van der Waals surface area contributed by atoms with Gasteiger partial charge in [0.05, 0.1) is 19.8 Å². The predicted molar refractivity (Wildman–Crippen MR) is 97.0 cm³/mol. The molecular formula is C20H30N2O3. The van der Waals surface area contributed by atoms with Gasteiger partial charge in [-0.15, -0.1) is 0 Å². The highest BCUT2D eigenvalue weighted by molar-refractivity contribution is 5.78. The Balaban J connectivity index is 1.47. The average molecular weight is 346 g/mol. The number of hydrogen-bond donors (Lipinski definition) is 1. The van der Waals surface area contributed by atoms with Gasteiger partial charge in [0, 0.05) is 31.5 Å². The Labute approximate surface area is 150 Å². The van der Waals surface area contributed by atoms with Crippen LogP contribution in [0.2, 0.25) is 0 Å². The molecule has 0 bridgehead atoms. The number of amides is 1. The highest BCUT2D eigenvalue weighted by Gasteiger charge is 2.40. The Morgan fingerprint density at radius 1 is 1.20 bits per heavy atom. The third-order valence-electron chi connectivity index (χ3n) is 5.23. The number of nitrogens with zero attached hydrogens (tertiary/aromatic N) is 1. The van der Waals surface area contributed by atoms with Crippen molar-refractivity contribution in [3.05, 3.63) is 35.9 Å². The zero-order valence-electron chi connectivity index (χ0n) is 15.4. The SMILES string of the molecule is CC(C)N(CC(=O)NC1CCC2(CC1)OCCO2)Cc1ccccc1. The largest absolute Gasteiger partial charge is 0.352 e. The molecule has 1 aliphatic carbocycles. The molecule has 0 aromatic heterocycles. The summed E-state index contributed by atoms with van der Waals surface area (Å²) in [7, 11) is 0. The summed E-state index contributed by atoms with van der Waals surface area (Å²) in [6.07, 6.45) is 3.59. The molecular weight excluding hydrogens is 316 g/mol. The standard InChI is InChI=1S/C20H30N2O3/c1-16(2)22(14-17-6-4-3-5-7-17)15-19(23)21-18-8-10-20(11-9-18)24-12-13-25-20/h3-7,16,18H,8-15H2,1-2H3,(H,21,23). The van der Waals surface area contributed by atoms with Crippen LogP contribution in [0.5, 0.6) is 0 Å². The first-order valence-electron chi connectivity index (χ1n) is 9.42. The summed E-state index contributed by atoms with van der Waals surface area (Å²) in [5.74, 6) is -0.253. The third kappa shape index (κ3) is 5.03. The molecule has 1 spiro atoms. The van der Waals surface area contributed by atoms with E-state index in [1.165, 1.54) is 5.56 Å². The molecule has 1 saturated carbocycles. The molecule has 138 valence electrons. The van der Waals surface area contributed by atoms with Crippen LogP contribution in [-0.4, -0.2) is 48.4 Å². The van der Waals surface area contributed by atoms with Gasteiger partial charge in [0.2, 0.25) is 5.91 Å². The summed E-state index contributed by atoms with van der Waals surface area (Å²) < 4.78 is 11.5. The van der Waals surface area contributed by atoms with Crippen molar-refractivity contribution >= 4 is 5.91 Å². The Morgan fingerprint density at radius 2 is 1.84 bits per heavy atom. The number of benzene rings is 1. The van der Waals surface area contributed by atoms with Crippen LogP contribution in [0, 0.1) is 0 Å². The summed E-state index contributed by atoms with van der Waals surface area (Å²) >= 11 is 0. The molecule has 3 rings (SSSR count). The van der Waals surface area contributed by atoms with Crippen LogP contribution >= 0.6 is 0 Å². The van der Waals surface area contributed by atoms with Crippen LogP contribution < -0.4 is 5.32 Å². The zero-order chi connectivity index (χ0) is 17.7. The lowest BCUT2D eigenvalue weighted by Crippen LogP contribution is -2.47. The molecule has 0 unspecified atom stereocenters. The lowest BCUT2D eigenvalue weighted by Gasteiger charge is -2.36. The number of ether oxygens (including phenoxy) is 2. The Hall–Kier alpha value is -1.43. The van der Waals surface area contributed by atoms with Gasteiger partial charge in [-0.3, -0.25) is 9.69 Å². The van der Waals surface area contributed by atoms with E-state index in [4.69, 9.17) is 9.47 Å². The van der Waals surface area contributed by atoms with E-state index >= 15 is 0 Å². The molecule has 5 nitrogen and oxygen atoms in total. The van der Waals surface area contributed by atoms with Gasteiger partial charge < -0.3 is 14.8 Å². The molecule has 1 aromatic rings. The molecule has 1 heterocycles. The quantitative estimate of drug-likeness (QED) is 0.860. The van der Waals surface area contributed by atoms with Crippen LogP contribution in [0.3, 0.4) is 0 Å². The Kier molecular flexibility index (Phi) is 6.10. The Bertz CT molecular complexity index is 545. The summed E-state index contributed by atoms with van der Waals surface area (Å²) in [6, 6.07) is 10.9. The summed E-state index contributed by atoms with van der Waals surface area (Å²) in [4.78, 5) is 14.7. The van der Waals surface area contributed by atoms with Crippen molar-refractivity contribution in [1.82, 2.24) is 10.2 Å². The maximum Gasteiger partial charge on any atom is 0.234 e. The zero-order valence-corrected chi connectivity index (χ0v) is 15.4. The number of rotatable bonds is 6. The van der Waals surface area contributed by atoms with Gasteiger partial charge in [0.15, 0.2) is 5.79 Å². The minimum Gasteiger partial charge on any atom is -0.352 e. The minimum atomic E-state index is -0.363. The van der Waals surface area contributed by atoms with Crippen molar-refractivity contribution in [1.29, 1.82) is 0 Å². The topological polar surface area (TPSA) is 50.8 Å². The third-order valence-corrected chi connectivity index (χ3v) is 5.23. The molecule has 2 aliphatic rings. The van der Waals surface area contributed by atoms with E-state index in [1.807, 2.05) is 18.2 Å². The van der Waals surface area contributed by atoms with E-state index in [9.17, 15) is 4.79 Å². The highest BCUT2D eigenvalue weighted by atomic mass is 16.7. The van der Waals surface area contributed by atoms with Crippen molar-refractivity contribution in [2.24, 2.45) is 0 Å². The van der Waals surface area contributed by atoms with Crippen LogP contribution in [0.15, 0.2) is 30.3 Å². The molecule has 0 atom stereocenters. The van der Waals surface area contributed by atoms with Crippen LogP contribution in [-0.2, 0) is 20.8 Å². The number of carbonyl (C=O) groups is 1.